The van der Waals surface area contributed by atoms with E-state index in [1.807, 2.05) is 90.4 Å². The highest BCUT2D eigenvalue weighted by atomic mass is 16.5. The Morgan fingerprint density at radius 3 is 2.14 bits per heavy atom. The number of aromatic nitrogens is 2. The fraction of sp³-hybridized carbons (Fsp3) is 0.0690. The van der Waals surface area contributed by atoms with E-state index in [0.29, 0.717) is 34.0 Å². The number of fused-ring (bicyclic) bond motifs is 1. The zero-order valence-electron chi connectivity index (χ0n) is 19.6. The van der Waals surface area contributed by atoms with Gasteiger partial charge in [0.1, 0.15) is 17.0 Å². The number of ether oxygens (including phenoxy) is 1. The van der Waals surface area contributed by atoms with Crippen LogP contribution in [-0.2, 0) is 4.79 Å². The van der Waals surface area contributed by atoms with Gasteiger partial charge in [0.05, 0.1) is 0 Å². The molecule has 0 radical (unpaired) electrons. The Morgan fingerprint density at radius 2 is 1.47 bits per heavy atom. The van der Waals surface area contributed by atoms with Gasteiger partial charge in [0, 0.05) is 34.9 Å². The van der Waals surface area contributed by atoms with Crippen molar-refractivity contribution < 1.29 is 9.53 Å². The van der Waals surface area contributed by atoms with Crippen LogP contribution in [0.1, 0.15) is 5.69 Å². The summed E-state index contributed by atoms with van der Waals surface area (Å²) in [5.74, 6) is 0.548. The van der Waals surface area contributed by atoms with Crippen molar-refractivity contribution in [1.82, 2.24) is 9.55 Å². The lowest BCUT2D eigenvalue weighted by Gasteiger charge is -2.19. The van der Waals surface area contributed by atoms with E-state index in [2.05, 4.69) is 10.6 Å². The molecule has 0 unspecified atom stereocenters. The first-order valence-corrected chi connectivity index (χ1v) is 11.5. The molecule has 1 amide bonds. The first-order valence-electron chi connectivity index (χ1n) is 11.5. The second-order valence-electron chi connectivity index (χ2n) is 8.22. The zero-order valence-corrected chi connectivity index (χ0v) is 19.6. The Bertz CT molecular complexity index is 1570. The summed E-state index contributed by atoms with van der Waals surface area (Å²) in [4.78, 5) is 30.6. The molecule has 0 fully saturated rings. The topological polar surface area (TPSA) is 85.2 Å². The van der Waals surface area contributed by atoms with Crippen LogP contribution in [0.4, 0.5) is 17.2 Å². The fourth-order valence-corrected chi connectivity index (χ4v) is 3.97. The number of para-hydroxylation sites is 3. The zero-order chi connectivity index (χ0) is 24.9. The molecule has 0 aliphatic heterocycles. The van der Waals surface area contributed by atoms with Crippen LogP contribution in [0.25, 0.3) is 16.7 Å². The normalized spacial score (nSPS) is 10.7. The van der Waals surface area contributed by atoms with Crippen LogP contribution in [-0.4, -0.2) is 22.1 Å². The van der Waals surface area contributed by atoms with Gasteiger partial charge in [-0.3, -0.25) is 14.2 Å². The van der Waals surface area contributed by atoms with Gasteiger partial charge in [-0.15, -0.1) is 0 Å². The van der Waals surface area contributed by atoms with E-state index in [1.165, 1.54) is 6.07 Å². The van der Waals surface area contributed by atoms with Gasteiger partial charge in [-0.2, -0.15) is 0 Å². The Balaban J connectivity index is 1.58. The lowest BCUT2D eigenvalue weighted by Crippen LogP contribution is -2.21. The molecule has 0 bridgehead atoms. The molecule has 5 rings (SSSR count). The molecule has 2 aromatic heterocycles. The fourth-order valence-electron chi connectivity index (χ4n) is 3.97. The van der Waals surface area contributed by atoms with E-state index in [-0.39, 0.29) is 17.9 Å². The summed E-state index contributed by atoms with van der Waals surface area (Å²) in [6.45, 7) is 1.58. The predicted molar refractivity (Wildman–Crippen MR) is 142 cm³/mol. The van der Waals surface area contributed by atoms with Gasteiger partial charge in [-0.05, 0) is 43.3 Å². The van der Waals surface area contributed by atoms with Gasteiger partial charge in [0.2, 0.25) is 0 Å². The SMILES string of the molecule is Cc1cc(OCC(=O)Nc2ccccc2)c2c(=O)cc(Nc3ccccc3)n(-c3ccccc3)c2n1. The largest absolute Gasteiger partial charge is 0.483 e. The molecule has 0 aliphatic carbocycles. The molecule has 2 N–H and O–H groups in total. The third-order valence-electron chi connectivity index (χ3n) is 5.54. The molecule has 7 heteroatoms. The predicted octanol–water partition coefficient (Wildman–Crippen LogP) is 5.46. The summed E-state index contributed by atoms with van der Waals surface area (Å²) in [6.07, 6.45) is 0. The number of pyridine rings is 2. The summed E-state index contributed by atoms with van der Waals surface area (Å²) in [6, 6.07) is 31.6. The summed E-state index contributed by atoms with van der Waals surface area (Å²) >= 11 is 0. The third-order valence-corrected chi connectivity index (χ3v) is 5.54. The number of rotatable bonds is 7. The Morgan fingerprint density at radius 1 is 0.861 bits per heavy atom. The summed E-state index contributed by atoms with van der Waals surface area (Å²) in [5, 5.41) is 6.43. The van der Waals surface area contributed by atoms with Crippen molar-refractivity contribution in [3.05, 3.63) is 119 Å². The second-order valence-corrected chi connectivity index (χ2v) is 8.22. The van der Waals surface area contributed by atoms with Crippen molar-refractivity contribution in [2.45, 2.75) is 6.92 Å². The number of carbonyl (C=O) groups excluding carboxylic acids is 1. The van der Waals surface area contributed by atoms with Gasteiger partial charge in [-0.1, -0.05) is 54.6 Å². The molecule has 0 aliphatic rings. The number of benzene rings is 3. The highest BCUT2D eigenvalue weighted by Crippen LogP contribution is 2.29. The number of anilines is 3. The smallest absolute Gasteiger partial charge is 0.262 e. The van der Waals surface area contributed by atoms with Crippen LogP contribution in [0.2, 0.25) is 0 Å². The van der Waals surface area contributed by atoms with Gasteiger partial charge in [-0.25, -0.2) is 4.98 Å². The first kappa shape index (κ1) is 22.9. The number of nitrogens with zero attached hydrogens (tertiary/aromatic N) is 2. The molecule has 5 aromatic rings. The number of nitrogens with one attached hydrogen (secondary N) is 2. The van der Waals surface area contributed by atoms with Crippen molar-refractivity contribution in [3.8, 4) is 11.4 Å². The van der Waals surface area contributed by atoms with Crippen LogP contribution in [0.15, 0.2) is 108 Å². The van der Waals surface area contributed by atoms with E-state index in [1.54, 1.807) is 18.2 Å². The maximum atomic E-state index is 13.4. The molecule has 7 nitrogen and oxygen atoms in total. The highest BCUT2D eigenvalue weighted by Gasteiger charge is 2.18. The van der Waals surface area contributed by atoms with Crippen LogP contribution < -0.4 is 20.8 Å². The average Bonchev–Trinajstić information content (AvgIpc) is 2.89. The van der Waals surface area contributed by atoms with Crippen molar-refractivity contribution in [2.75, 3.05) is 17.2 Å². The Hall–Kier alpha value is -4.91. The van der Waals surface area contributed by atoms with E-state index < -0.39 is 0 Å². The van der Waals surface area contributed by atoms with E-state index in [9.17, 15) is 9.59 Å². The number of carbonyl (C=O) groups is 1. The molecular formula is C29H24N4O3. The molecule has 0 spiro atoms. The molecule has 3 aromatic carbocycles. The minimum Gasteiger partial charge on any atom is -0.483 e. The average molecular weight is 477 g/mol. The van der Waals surface area contributed by atoms with Gasteiger partial charge in [0.15, 0.2) is 17.7 Å². The Labute approximate surface area is 208 Å². The summed E-state index contributed by atoms with van der Waals surface area (Å²) in [5.41, 5.74) is 3.16. The molecule has 36 heavy (non-hydrogen) atoms. The quantitative estimate of drug-likeness (QED) is 0.326. The molecule has 0 atom stereocenters. The van der Waals surface area contributed by atoms with E-state index in [0.717, 1.165) is 11.4 Å². The minimum atomic E-state index is -0.324. The summed E-state index contributed by atoms with van der Waals surface area (Å²) in [7, 11) is 0. The number of aryl methyl sites for hydroxylation is 1. The van der Waals surface area contributed by atoms with Crippen LogP contribution >= 0.6 is 0 Å². The maximum Gasteiger partial charge on any atom is 0.262 e. The lowest BCUT2D eigenvalue weighted by atomic mass is 10.2. The van der Waals surface area contributed by atoms with Gasteiger partial charge >= 0.3 is 0 Å². The monoisotopic (exact) mass is 476 g/mol. The lowest BCUT2D eigenvalue weighted by molar-refractivity contribution is -0.118. The first-order chi connectivity index (χ1) is 17.6. The molecule has 0 saturated heterocycles. The Kier molecular flexibility index (Phi) is 6.44. The van der Waals surface area contributed by atoms with Crippen LogP contribution in [0.5, 0.6) is 5.75 Å². The van der Waals surface area contributed by atoms with E-state index >= 15 is 0 Å². The van der Waals surface area contributed by atoms with Crippen LogP contribution in [0.3, 0.4) is 0 Å². The maximum absolute atomic E-state index is 13.4. The van der Waals surface area contributed by atoms with Crippen molar-refractivity contribution in [3.63, 3.8) is 0 Å². The van der Waals surface area contributed by atoms with E-state index in [4.69, 9.17) is 9.72 Å². The van der Waals surface area contributed by atoms with Gasteiger partial charge in [0.25, 0.3) is 5.91 Å². The number of amides is 1. The van der Waals surface area contributed by atoms with Crippen molar-refractivity contribution in [1.29, 1.82) is 0 Å². The number of hydrogen-bond donors (Lipinski definition) is 2. The molecular weight excluding hydrogens is 452 g/mol. The standard InChI is InChI=1S/C29H24N4O3/c1-20-17-25(36-19-27(35)32-22-13-7-3-8-14-22)28-24(34)18-26(31-21-11-5-2-6-12-21)33(29(28)30-20)23-15-9-4-10-16-23/h2-18,31H,19H2,1H3,(H,32,35). The van der Waals surface area contributed by atoms with Crippen LogP contribution in [0, 0.1) is 6.92 Å². The molecule has 0 saturated carbocycles. The van der Waals surface area contributed by atoms with Crippen molar-refractivity contribution in [2.24, 2.45) is 0 Å². The highest BCUT2D eigenvalue weighted by molar-refractivity contribution is 5.92. The molecule has 178 valence electrons. The summed E-state index contributed by atoms with van der Waals surface area (Å²) < 4.78 is 7.76. The van der Waals surface area contributed by atoms with Crippen molar-refractivity contribution >= 4 is 34.1 Å². The second kappa shape index (κ2) is 10.1. The third kappa shape index (κ3) is 4.95. The minimum absolute atomic E-state index is 0.248. The number of hydrogen-bond acceptors (Lipinski definition) is 5. The van der Waals surface area contributed by atoms with Gasteiger partial charge < -0.3 is 15.4 Å². The molecule has 2 heterocycles.